The summed E-state index contributed by atoms with van der Waals surface area (Å²) in [5, 5.41) is 3.54. The minimum atomic E-state index is -0.626. The van der Waals surface area contributed by atoms with E-state index in [1.54, 1.807) is 26.2 Å². The highest BCUT2D eigenvalue weighted by Gasteiger charge is 2.17. The molecule has 2 atom stereocenters. The van der Waals surface area contributed by atoms with Crippen molar-refractivity contribution >= 4 is 17.5 Å². The summed E-state index contributed by atoms with van der Waals surface area (Å²) in [4.78, 5) is 12.3. The number of carbonyl (C=O) groups is 1. The highest BCUT2D eigenvalue weighted by molar-refractivity contribution is 6.31. The van der Waals surface area contributed by atoms with Crippen LogP contribution >= 0.6 is 11.6 Å². The first-order chi connectivity index (χ1) is 12.4. The third kappa shape index (κ3) is 5.85. The number of rotatable bonds is 8. The Hall–Kier alpha value is -2.40. The lowest BCUT2D eigenvalue weighted by atomic mass is 10.2. The molecule has 5 nitrogen and oxygen atoms in total. The molecule has 0 heterocycles. The molecule has 1 N–H and O–H groups in total. The van der Waals surface area contributed by atoms with Crippen LogP contribution < -0.4 is 19.5 Å². The van der Waals surface area contributed by atoms with Crippen molar-refractivity contribution in [1.29, 1.82) is 0 Å². The van der Waals surface area contributed by atoms with Gasteiger partial charge < -0.3 is 19.5 Å². The number of hydrogen-bond donors (Lipinski definition) is 1. The highest BCUT2D eigenvalue weighted by atomic mass is 35.5. The number of carbonyl (C=O) groups excluding carboxylic acids is 1. The summed E-state index contributed by atoms with van der Waals surface area (Å²) in [6, 6.07) is 12.4. The molecule has 0 bridgehead atoms. The molecular weight excluding hydrogens is 354 g/mol. The SMILES string of the molecule is COc1ccc(OC[C@@H](C)NC(=O)[C@@H](C)Oc2ccc(Cl)c(C)c2)cc1. The summed E-state index contributed by atoms with van der Waals surface area (Å²) in [5.74, 6) is 1.88. The zero-order chi connectivity index (χ0) is 19.1. The van der Waals surface area contributed by atoms with E-state index in [2.05, 4.69) is 5.32 Å². The minimum Gasteiger partial charge on any atom is -0.497 e. The van der Waals surface area contributed by atoms with Crippen LogP contribution in [0.2, 0.25) is 5.02 Å². The Morgan fingerprint density at radius 1 is 1.08 bits per heavy atom. The fourth-order valence-electron chi connectivity index (χ4n) is 2.24. The Labute approximate surface area is 159 Å². The molecule has 0 aliphatic carbocycles. The lowest BCUT2D eigenvalue weighted by Gasteiger charge is -2.19. The van der Waals surface area contributed by atoms with Gasteiger partial charge in [0, 0.05) is 5.02 Å². The molecule has 0 saturated heterocycles. The van der Waals surface area contributed by atoms with E-state index in [0.717, 1.165) is 11.3 Å². The quantitative estimate of drug-likeness (QED) is 0.755. The first kappa shape index (κ1) is 19.9. The molecule has 0 spiro atoms. The normalized spacial score (nSPS) is 12.8. The van der Waals surface area contributed by atoms with Gasteiger partial charge in [-0.05, 0) is 68.8 Å². The van der Waals surface area contributed by atoms with Gasteiger partial charge in [-0.25, -0.2) is 0 Å². The standard InChI is InChI=1S/C20H24ClNO4/c1-13-11-18(9-10-19(13)21)26-15(3)20(23)22-14(2)12-25-17-7-5-16(24-4)6-8-17/h5-11,14-15H,12H2,1-4H3,(H,22,23)/t14-,15-/m1/s1. The maximum absolute atomic E-state index is 12.3. The molecule has 0 aliphatic rings. The number of hydrogen-bond acceptors (Lipinski definition) is 4. The van der Waals surface area contributed by atoms with E-state index >= 15 is 0 Å². The van der Waals surface area contributed by atoms with Gasteiger partial charge in [0.25, 0.3) is 5.91 Å². The Kier molecular flexibility index (Phi) is 7.16. The van der Waals surface area contributed by atoms with Gasteiger partial charge in [0.05, 0.1) is 13.2 Å². The lowest BCUT2D eigenvalue weighted by Crippen LogP contribution is -2.43. The first-order valence-electron chi connectivity index (χ1n) is 8.39. The van der Waals surface area contributed by atoms with Crippen molar-refractivity contribution in [2.45, 2.75) is 32.9 Å². The summed E-state index contributed by atoms with van der Waals surface area (Å²) >= 11 is 6.00. The largest absolute Gasteiger partial charge is 0.497 e. The molecule has 6 heteroatoms. The van der Waals surface area contributed by atoms with Gasteiger partial charge in [0.15, 0.2) is 6.10 Å². The Balaban J connectivity index is 1.80. The average Bonchev–Trinajstić information content (AvgIpc) is 2.63. The second-order valence-corrected chi connectivity index (χ2v) is 6.47. The fraction of sp³-hybridized carbons (Fsp3) is 0.350. The van der Waals surface area contributed by atoms with E-state index in [0.29, 0.717) is 23.1 Å². The zero-order valence-electron chi connectivity index (χ0n) is 15.4. The molecule has 140 valence electrons. The van der Waals surface area contributed by atoms with Crippen molar-refractivity contribution in [3.05, 3.63) is 53.1 Å². The van der Waals surface area contributed by atoms with Crippen LogP contribution in [0, 0.1) is 6.92 Å². The van der Waals surface area contributed by atoms with E-state index in [9.17, 15) is 4.79 Å². The van der Waals surface area contributed by atoms with Crippen LogP contribution in [0.15, 0.2) is 42.5 Å². The monoisotopic (exact) mass is 377 g/mol. The molecule has 2 aromatic rings. The van der Waals surface area contributed by atoms with Crippen molar-refractivity contribution in [2.75, 3.05) is 13.7 Å². The number of methoxy groups -OCH3 is 1. The molecule has 0 unspecified atom stereocenters. The predicted octanol–water partition coefficient (Wildman–Crippen LogP) is 4.01. The minimum absolute atomic E-state index is 0.164. The van der Waals surface area contributed by atoms with Crippen molar-refractivity contribution in [3.63, 3.8) is 0 Å². The molecule has 0 saturated carbocycles. The van der Waals surface area contributed by atoms with Crippen LogP contribution in [-0.2, 0) is 4.79 Å². The van der Waals surface area contributed by atoms with E-state index in [-0.39, 0.29) is 11.9 Å². The summed E-state index contributed by atoms with van der Waals surface area (Å²) < 4.78 is 16.4. The number of nitrogens with one attached hydrogen (secondary N) is 1. The highest BCUT2D eigenvalue weighted by Crippen LogP contribution is 2.22. The Bertz CT molecular complexity index is 733. The first-order valence-corrected chi connectivity index (χ1v) is 8.77. The molecule has 2 rings (SSSR count). The van der Waals surface area contributed by atoms with Crippen molar-refractivity contribution in [1.82, 2.24) is 5.32 Å². The van der Waals surface area contributed by atoms with Gasteiger partial charge in [-0.2, -0.15) is 0 Å². The Morgan fingerprint density at radius 2 is 1.69 bits per heavy atom. The molecular formula is C20H24ClNO4. The maximum Gasteiger partial charge on any atom is 0.261 e. The number of amides is 1. The molecule has 0 fully saturated rings. The molecule has 0 aliphatic heterocycles. The van der Waals surface area contributed by atoms with E-state index < -0.39 is 6.10 Å². The number of aryl methyl sites for hydroxylation is 1. The summed E-state index contributed by atoms with van der Waals surface area (Å²) in [5.41, 5.74) is 0.901. The van der Waals surface area contributed by atoms with Gasteiger partial charge in [-0.1, -0.05) is 11.6 Å². The van der Waals surface area contributed by atoms with E-state index in [1.165, 1.54) is 0 Å². The number of benzene rings is 2. The zero-order valence-corrected chi connectivity index (χ0v) is 16.2. The van der Waals surface area contributed by atoms with Crippen LogP contribution in [0.25, 0.3) is 0 Å². The smallest absolute Gasteiger partial charge is 0.261 e. The third-order valence-corrected chi connectivity index (χ3v) is 4.18. The van der Waals surface area contributed by atoms with Gasteiger partial charge >= 0.3 is 0 Å². The van der Waals surface area contributed by atoms with Gasteiger partial charge in [-0.15, -0.1) is 0 Å². The number of ether oxygens (including phenoxy) is 3. The lowest BCUT2D eigenvalue weighted by molar-refractivity contribution is -0.128. The third-order valence-electron chi connectivity index (χ3n) is 3.76. The second kappa shape index (κ2) is 9.34. The van der Waals surface area contributed by atoms with Crippen LogP contribution in [-0.4, -0.2) is 31.8 Å². The van der Waals surface area contributed by atoms with Gasteiger partial charge in [-0.3, -0.25) is 4.79 Å². The van der Waals surface area contributed by atoms with Crippen LogP contribution in [0.1, 0.15) is 19.4 Å². The molecule has 0 radical (unpaired) electrons. The van der Waals surface area contributed by atoms with E-state index in [4.69, 9.17) is 25.8 Å². The van der Waals surface area contributed by atoms with Crippen molar-refractivity contribution in [3.8, 4) is 17.2 Å². The average molecular weight is 378 g/mol. The molecule has 2 aromatic carbocycles. The molecule has 1 amide bonds. The topological polar surface area (TPSA) is 56.8 Å². The van der Waals surface area contributed by atoms with Crippen molar-refractivity contribution in [2.24, 2.45) is 0 Å². The predicted molar refractivity (Wildman–Crippen MR) is 102 cm³/mol. The molecule has 0 aromatic heterocycles. The van der Waals surface area contributed by atoms with Crippen LogP contribution in [0.3, 0.4) is 0 Å². The van der Waals surface area contributed by atoms with E-state index in [1.807, 2.05) is 44.2 Å². The van der Waals surface area contributed by atoms with Crippen molar-refractivity contribution < 1.29 is 19.0 Å². The summed E-state index contributed by atoms with van der Waals surface area (Å²) in [7, 11) is 1.61. The maximum atomic E-state index is 12.3. The van der Waals surface area contributed by atoms with Gasteiger partial charge in [0.2, 0.25) is 0 Å². The number of halogens is 1. The Morgan fingerprint density at radius 3 is 2.31 bits per heavy atom. The molecule has 26 heavy (non-hydrogen) atoms. The summed E-state index contributed by atoms with van der Waals surface area (Å²) in [6.45, 7) is 5.82. The van der Waals surface area contributed by atoms with Gasteiger partial charge in [0.1, 0.15) is 23.9 Å². The van der Waals surface area contributed by atoms with Crippen LogP contribution in [0.5, 0.6) is 17.2 Å². The second-order valence-electron chi connectivity index (χ2n) is 6.07. The van der Waals surface area contributed by atoms with Crippen LogP contribution in [0.4, 0.5) is 0 Å². The summed E-state index contributed by atoms with van der Waals surface area (Å²) in [6.07, 6.45) is -0.626. The fourth-order valence-corrected chi connectivity index (χ4v) is 2.36.